The lowest BCUT2D eigenvalue weighted by atomic mass is 10.1. The van der Waals surface area contributed by atoms with E-state index in [1.807, 2.05) is 31.2 Å². The number of methoxy groups -OCH3 is 1. The zero-order valence-electron chi connectivity index (χ0n) is 18.8. The molecule has 3 N–H and O–H groups in total. The smallest absolute Gasteiger partial charge is 0.245 e. The second-order valence-corrected chi connectivity index (χ2v) is 7.78. The third-order valence-electron chi connectivity index (χ3n) is 5.60. The second-order valence-electron chi connectivity index (χ2n) is 7.78. The van der Waals surface area contributed by atoms with Crippen molar-refractivity contribution in [1.82, 2.24) is 34.7 Å². The molecule has 1 unspecified atom stereocenters. The Morgan fingerprint density at radius 3 is 2.82 bits per heavy atom. The van der Waals surface area contributed by atoms with E-state index in [2.05, 4.69) is 25.5 Å². The van der Waals surface area contributed by atoms with Crippen molar-refractivity contribution in [3.05, 3.63) is 54.4 Å². The summed E-state index contributed by atoms with van der Waals surface area (Å²) in [6.07, 6.45) is 4.54. The fourth-order valence-electron chi connectivity index (χ4n) is 3.95. The first-order valence-electron chi connectivity index (χ1n) is 10.9. The summed E-state index contributed by atoms with van der Waals surface area (Å²) in [5, 5.41) is 12.5. The summed E-state index contributed by atoms with van der Waals surface area (Å²) in [6, 6.07) is 10.5. The van der Waals surface area contributed by atoms with E-state index < -0.39 is 6.04 Å². The number of nitrogens with two attached hydrogens (primary N) is 1. The van der Waals surface area contributed by atoms with Crippen LogP contribution in [0, 0.1) is 0 Å². The number of nitrogens with zero attached hydrogens (tertiary/aromatic N) is 6. The highest BCUT2D eigenvalue weighted by atomic mass is 16.5. The van der Waals surface area contributed by atoms with Crippen molar-refractivity contribution < 1.29 is 13.9 Å². The van der Waals surface area contributed by atoms with Gasteiger partial charge in [0, 0.05) is 12.1 Å². The number of carbonyl (C=O) groups is 1. The lowest BCUT2D eigenvalue weighted by Gasteiger charge is -2.18. The molecule has 4 aromatic heterocycles. The van der Waals surface area contributed by atoms with Gasteiger partial charge in [0.05, 0.1) is 25.0 Å². The van der Waals surface area contributed by atoms with E-state index in [0.29, 0.717) is 41.2 Å². The molecule has 0 aliphatic carbocycles. The fourth-order valence-corrected chi connectivity index (χ4v) is 3.95. The summed E-state index contributed by atoms with van der Waals surface area (Å²) in [5.41, 5.74) is 8.04. The van der Waals surface area contributed by atoms with Gasteiger partial charge in [-0.3, -0.25) is 4.79 Å². The van der Waals surface area contributed by atoms with Crippen LogP contribution in [-0.4, -0.2) is 42.4 Å². The standard InChI is InChI=1S/C23H24N8O3/c1-3-7-16(22(32)25-12-14-8-4-5-9-17(14)33-2)30-21-15(13-26-30)20-27-19(18-10-6-11-34-18)29-31(20)23(24)28-21/h4-6,8-11,13,16H,3,7,12H2,1-2H3,(H2,24,28)(H,25,32). The van der Waals surface area contributed by atoms with Gasteiger partial charge in [0.15, 0.2) is 17.1 Å². The molecule has 34 heavy (non-hydrogen) atoms. The minimum atomic E-state index is -0.570. The van der Waals surface area contributed by atoms with Crippen molar-refractivity contribution in [2.75, 3.05) is 12.8 Å². The summed E-state index contributed by atoms with van der Waals surface area (Å²) < 4.78 is 13.8. The molecule has 0 bridgehead atoms. The van der Waals surface area contributed by atoms with Gasteiger partial charge in [0.2, 0.25) is 17.7 Å². The number of hydrogen-bond acceptors (Lipinski definition) is 8. The molecule has 5 aromatic rings. The summed E-state index contributed by atoms with van der Waals surface area (Å²) in [5.74, 6) is 1.59. The van der Waals surface area contributed by atoms with Crippen LogP contribution in [0.3, 0.4) is 0 Å². The maximum absolute atomic E-state index is 13.2. The highest BCUT2D eigenvalue weighted by molar-refractivity contribution is 5.92. The summed E-state index contributed by atoms with van der Waals surface area (Å²) in [7, 11) is 1.61. The molecular weight excluding hydrogens is 436 g/mol. The average Bonchev–Trinajstić information content (AvgIpc) is 3.60. The molecule has 4 heterocycles. The summed E-state index contributed by atoms with van der Waals surface area (Å²) in [4.78, 5) is 22.3. The topological polar surface area (TPSA) is 138 Å². The zero-order chi connectivity index (χ0) is 23.7. The molecule has 174 valence electrons. The van der Waals surface area contributed by atoms with Gasteiger partial charge in [-0.05, 0) is 24.6 Å². The van der Waals surface area contributed by atoms with Crippen molar-refractivity contribution in [2.45, 2.75) is 32.4 Å². The molecule has 1 amide bonds. The van der Waals surface area contributed by atoms with Crippen molar-refractivity contribution in [3.63, 3.8) is 0 Å². The molecule has 1 aromatic carbocycles. The number of aromatic nitrogens is 6. The fraction of sp³-hybridized carbons (Fsp3) is 0.261. The summed E-state index contributed by atoms with van der Waals surface area (Å²) >= 11 is 0. The molecule has 11 nitrogen and oxygen atoms in total. The Morgan fingerprint density at radius 1 is 1.21 bits per heavy atom. The molecule has 0 radical (unpaired) electrons. The van der Waals surface area contributed by atoms with Crippen LogP contribution in [0.4, 0.5) is 5.95 Å². The van der Waals surface area contributed by atoms with Gasteiger partial charge in [-0.15, -0.1) is 5.10 Å². The predicted molar refractivity (Wildman–Crippen MR) is 125 cm³/mol. The molecular formula is C23H24N8O3. The first-order chi connectivity index (χ1) is 16.6. The number of para-hydroxylation sites is 1. The molecule has 11 heteroatoms. The predicted octanol–water partition coefficient (Wildman–Crippen LogP) is 2.98. The van der Waals surface area contributed by atoms with Gasteiger partial charge >= 0.3 is 0 Å². The maximum Gasteiger partial charge on any atom is 0.245 e. The number of ether oxygens (including phenoxy) is 1. The number of nitrogens with one attached hydrogen (secondary N) is 1. The van der Waals surface area contributed by atoms with Crippen LogP contribution in [0.5, 0.6) is 5.75 Å². The molecule has 0 spiro atoms. The number of anilines is 1. The second kappa shape index (κ2) is 8.85. The zero-order valence-corrected chi connectivity index (χ0v) is 18.8. The molecule has 0 saturated heterocycles. The van der Waals surface area contributed by atoms with Crippen LogP contribution < -0.4 is 15.8 Å². The maximum atomic E-state index is 13.2. The third kappa shape index (κ3) is 3.70. The molecule has 5 rings (SSSR count). The number of furan rings is 1. The third-order valence-corrected chi connectivity index (χ3v) is 5.60. The Kier molecular flexibility index (Phi) is 5.58. The van der Waals surface area contributed by atoms with Crippen molar-refractivity contribution in [2.24, 2.45) is 0 Å². The molecule has 0 fully saturated rings. The van der Waals surface area contributed by atoms with E-state index in [9.17, 15) is 4.79 Å². The number of benzene rings is 1. The molecule has 0 saturated carbocycles. The largest absolute Gasteiger partial charge is 0.496 e. The highest BCUT2D eigenvalue weighted by Gasteiger charge is 2.25. The quantitative estimate of drug-likeness (QED) is 0.360. The van der Waals surface area contributed by atoms with Crippen LogP contribution in [0.25, 0.3) is 28.3 Å². The van der Waals surface area contributed by atoms with E-state index in [4.69, 9.17) is 14.9 Å². The first kappa shape index (κ1) is 21.4. The van der Waals surface area contributed by atoms with Crippen LogP contribution in [0.15, 0.2) is 53.3 Å². The SMILES string of the molecule is CCCC(C(=O)NCc1ccccc1OC)n1ncc2c1nc(N)n1nc(-c3ccco3)nc21. The van der Waals surface area contributed by atoms with E-state index in [0.717, 1.165) is 17.7 Å². The number of rotatable bonds is 8. The van der Waals surface area contributed by atoms with Gasteiger partial charge in [-0.25, -0.2) is 9.67 Å². The number of carbonyl (C=O) groups excluding carboxylic acids is 1. The first-order valence-corrected chi connectivity index (χ1v) is 10.9. The lowest BCUT2D eigenvalue weighted by Crippen LogP contribution is -2.33. The normalized spacial score (nSPS) is 12.3. The van der Waals surface area contributed by atoms with Gasteiger partial charge in [0.25, 0.3) is 0 Å². The number of fused-ring (bicyclic) bond motifs is 3. The number of amides is 1. The number of hydrogen-bond donors (Lipinski definition) is 2. The van der Waals surface area contributed by atoms with Gasteiger partial charge < -0.3 is 20.2 Å². The van der Waals surface area contributed by atoms with Crippen LogP contribution >= 0.6 is 0 Å². The number of nitrogen functional groups attached to an aromatic ring is 1. The average molecular weight is 460 g/mol. The van der Waals surface area contributed by atoms with E-state index >= 15 is 0 Å². The minimum Gasteiger partial charge on any atom is -0.496 e. The van der Waals surface area contributed by atoms with Crippen molar-refractivity contribution in [3.8, 4) is 17.3 Å². The van der Waals surface area contributed by atoms with E-state index in [-0.39, 0.29) is 11.9 Å². The molecule has 1 atom stereocenters. The van der Waals surface area contributed by atoms with Crippen molar-refractivity contribution >= 4 is 28.5 Å². The van der Waals surface area contributed by atoms with Gasteiger partial charge in [-0.2, -0.15) is 14.6 Å². The van der Waals surface area contributed by atoms with Gasteiger partial charge in [0.1, 0.15) is 11.8 Å². The minimum absolute atomic E-state index is 0.138. The molecule has 0 aliphatic rings. The van der Waals surface area contributed by atoms with E-state index in [1.54, 1.807) is 36.4 Å². The monoisotopic (exact) mass is 460 g/mol. The highest BCUT2D eigenvalue weighted by Crippen LogP contribution is 2.26. The van der Waals surface area contributed by atoms with Crippen molar-refractivity contribution in [1.29, 1.82) is 0 Å². The Labute approximate surface area is 194 Å². The Hall–Kier alpha value is -4.41. The van der Waals surface area contributed by atoms with Crippen LogP contribution in [-0.2, 0) is 11.3 Å². The van der Waals surface area contributed by atoms with Crippen LogP contribution in [0.2, 0.25) is 0 Å². The van der Waals surface area contributed by atoms with Gasteiger partial charge in [-0.1, -0.05) is 31.5 Å². The van der Waals surface area contributed by atoms with Crippen LogP contribution in [0.1, 0.15) is 31.4 Å². The van der Waals surface area contributed by atoms with E-state index in [1.165, 1.54) is 4.52 Å². The Bertz CT molecular complexity index is 1450. The summed E-state index contributed by atoms with van der Waals surface area (Å²) in [6.45, 7) is 2.35. The molecule has 0 aliphatic heterocycles. The Morgan fingerprint density at radius 2 is 2.06 bits per heavy atom. The lowest BCUT2D eigenvalue weighted by molar-refractivity contribution is -0.124. The Balaban J connectivity index is 1.49.